The second-order valence-corrected chi connectivity index (χ2v) is 16.1. The fraction of sp³-hybridized carbons (Fsp3) is 0.766. The summed E-state index contributed by atoms with van der Waals surface area (Å²) in [5.74, 6) is -0.258. The Hall–Kier alpha value is -2.31. The van der Waals surface area contributed by atoms with Crippen LogP contribution in [0.2, 0.25) is 0 Å². The molecule has 352 valence electrons. The number of unbranched alkanes of at least 4 members (excludes halogenated alkanes) is 12. The molecule has 2 rings (SSSR count). The number of hydrogen-bond donors (Lipinski definition) is 9. The summed E-state index contributed by atoms with van der Waals surface area (Å²) in [4.78, 5) is 13.1. The molecule has 0 aromatic heterocycles. The van der Waals surface area contributed by atoms with E-state index >= 15 is 0 Å². The summed E-state index contributed by atoms with van der Waals surface area (Å²) in [6.45, 7) is 2.54. The summed E-state index contributed by atoms with van der Waals surface area (Å²) in [6, 6.07) is -0.917. The second kappa shape index (κ2) is 34.1. The summed E-state index contributed by atoms with van der Waals surface area (Å²) in [6.07, 6.45) is 23.1. The van der Waals surface area contributed by atoms with E-state index in [1.165, 1.54) is 25.7 Å². The molecule has 0 bridgehead atoms. The van der Waals surface area contributed by atoms with Gasteiger partial charge >= 0.3 is 0 Å². The first kappa shape index (κ1) is 54.8. The molecule has 2 aliphatic heterocycles. The molecule has 2 heterocycles. The molecule has 1 amide bonds. The van der Waals surface area contributed by atoms with Gasteiger partial charge in [0.15, 0.2) is 12.6 Å². The van der Waals surface area contributed by atoms with Crippen LogP contribution in [0.25, 0.3) is 0 Å². The number of aliphatic hydroxyl groups excluding tert-OH is 8. The molecule has 0 saturated carbocycles. The van der Waals surface area contributed by atoms with Crippen molar-refractivity contribution >= 4 is 5.91 Å². The molecule has 9 N–H and O–H groups in total. The van der Waals surface area contributed by atoms with Gasteiger partial charge in [0.05, 0.1) is 32.0 Å². The molecule has 0 aromatic carbocycles. The average Bonchev–Trinajstić information content (AvgIpc) is 3.26. The van der Waals surface area contributed by atoms with Gasteiger partial charge in [0, 0.05) is 6.42 Å². The summed E-state index contributed by atoms with van der Waals surface area (Å²) < 4.78 is 22.5. The Morgan fingerprint density at radius 1 is 0.607 bits per heavy atom. The topological polar surface area (TPSA) is 228 Å². The number of carbonyl (C=O) groups is 1. The first-order chi connectivity index (χ1) is 29.6. The number of nitrogens with one attached hydrogen (secondary N) is 1. The van der Waals surface area contributed by atoms with Crippen LogP contribution in [0.4, 0.5) is 0 Å². The van der Waals surface area contributed by atoms with Crippen molar-refractivity contribution in [2.75, 3.05) is 19.8 Å². The molecule has 0 aromatic rings. The van der Waals surface area contributed by atoms with Gasteiger partial charge in [0.25, 0.3) is 0 Å². The first-order valence-electron chi connectivity index (χ1n) is 23.0. The van der Waals surface area contributed by atoms with Gasteiger partial charge in [-0.2, -0.15) is 0 Å². The molecule has 61 heavy (non-hydrogen) atoms. The fourth-order valence-corrected chi connectivity index (χ4v) is 7.16. The van der Waals surface area contributed by atoms with E-state index in [4.69, 9.17) is 18.9 Å². The van der Waals surface area contributed by atoms with E-state index in [2.05, 4.69) is 67.8 Å². The Bertz CT molecular complexity index is 1260. The van der Waals surface area contributed by atoms with E-state index in [1.54, 1.807) is 6.08 Å². The van der Waals surface area contributed by atoms with Crippen molar-refractivity contribution in [2.24, 2.45) is 0 Å². The van der Waals surface area contributed by atoms with Crippen molar-refractivity contribution in [2.45, 2.75) is 209 Å². The highest BCUT2D eigenvalue weighted by molar-refractivity contribution is 5.76. The molecule has 0 spiro atoms. The number of ether oxygens (including phenoxy) is 4. The lowest BCUT2D eigenvalue weighted by molar-refractivity contribution is -0.359. The maximum Gasteiger partial charge on any atom is 0.220 e. The molecular weight excluding hydrogens is 787 g/mol. The number of amides is 1. The highest BCUT2D eigenvalue weighted by Crippen LogP contribution is 2.30. The molecule has 2 aliphatic rings. The van der Waals surface area contributed by atoms with Gasteiger partial charge in [-0.1, -0.05) is 132 Å². The Labute approximate surface area is 365 Å². The monoisotopic (exact) mass is 868 g/mol. The SMILES string of the molecule is CC/C=C\C/C=C\C/C=C\C/C=C\CCCCCCCCCCC(=O)NC(COC1OC(CO)C(OC2OC(CO)C(O)C(O)C2O)C(O)C1O)C(O)/C=C/CCCCCC. The molecular formula is C47H81NO13. The average molecular weight is 868 g/mol. The van der Waals surface area contributed by atoms with Crippen LogP contribution >= 0.6 is 0 Å². The number of aliphatic hydroxyl groups is 8. The van der Waals surface area contributed by atoms with Crippen LogP contribution in [0.5, 0.6) is 0 Å². The molecule has 12 atom stereocenters. The van der Waals surface area contributed by atoms with E-state index in [1.807, 2.05) is 6.08 Å². The molecule has 14 heteroatoms. The zero-order chi connectivity index (χ0) is 44.7. The highest BCUT2D eigenvalue weighted by Gasteiger charge is 2.50. The molecule has 0 radical (unpaired) electrons. The van der Waals surface area contributed by atoms with Crippen molar-refractivity contribution in [1.82, 2.24) is 5.32 Å². The van der Waals surface area contributed by atoms with E-state index in [0.717, 1.165) is 83.5 Å². The maximum absolute atomic E-state index is 13.1. The molecule has 2 saturated heterocycles. The lowest BCUT2D eigenvalue weighted by atomic mass is 9.97. The van der Waals surface area contributed by atoms with Crippen LogP contribution < -0.4 is 5.32 Å². The van der Waals surface area contributed by atoms with Crippen molar-refractivity contribution < 1.29 is 64.6 Å². The number of carbonyl (C=O) groups excluding carboxylic acids is 1. The third-order valence-corrected chi connectivity index (χ3v) is 11.0. The van der Waals surface area contributed by atoms with Gasteiger partial charge in [0.2, 0.25) is 5.91 Å². The van der Waals surface area contributed by atoms with Crippen molar-refractivity contribution in [1.29, 1.82) is 0 Å². The van der Waals surface area contributed by atoms with E-state index in [-0.39, 0.29) is 18.9 Å². The van der Waals surface area contributed by atoms with E-state index in [9.17, 15) is 45.6 Å². The number of allylic oxidation sites excluding steroid dienone is 9. The first-order valence-corrected chi connectivity index (χ1v) is 23.0. The minimum absolute atomic E-state index is 0.258. The Balaban J connectivity index is 1.77. The molecule has 0 aliphatic carbocycles. The minimum Gasteiger partial charge on any atom is -0.394 e. The maximum atomic E-state index is 13.1. The van der Waals surface area contributed by atoms with Crippen LogP contribution in [0, 0.1) is 0 Å². The van der Waals surface area contributed by atoms with Crippen LogP contribution in [0.3, 0.4) is 0 Å². The lowest BCUT2D eigenvalue weighted by Gasteiger charge is -2.46. The van der Waals surface area contributed by atoms with Crippen LogP contribution in [0.1, 0.15) is 136 Å². The standard InChI is InChI=1S/C47H81NO13/c1-3-5-7-9-11-12-13-14-15-16-17-18-19-20-21-22-23-24-25-27-29-31-39(52)48-35(36(51)30-28-26-10-8-6-4-2)34-58-46-44(57)42(55)45(38(33-50)60-46)61-47-43(56)41(54)40(53)37(32-49)59-47/h5,7,11-12,14-15,17-18,28,30,35-38,40-47,49-51,53-57H,3-4,6,8-10,13,16,19-27,29,31-34H2,1-2H3,(H,48,52)/b7-5-,12-11-,15-14-,18-17-,30-28+. The number of rotatable bonds is 33. The summed E-state index contributed by atoms with van der Waals surface area (Å²) in [5, 5.41) is 86.1. The van der Waals surface area contributed by atoms with Crippen LogP contribution in [-0.2, 0) is 23.7 Å². The Morgan fingerprint density at radius 3 is 1.74 bits per heavy atom. The summed E-state index contributed by atoms with van der Waals surface area (Å²) in [7, 11) is 0. The Kier molecular flexibility index (Phi) is 30.7. The van der Waals surface area contributed by atoms with Crippen LogP contribution in [-0.4, -0.2) is 140 Å². The smallest absolute Gasteiger partial charge is 0.220 e. The van der Waals surface area contributed by atoms with Crippen molar-refractivity contribution in [3.63, 3.8) is 0 Å². The quantitative estimate of drug-likeness (QED) is 0.0322. The largest absolute Gasteiger partial charge is 0.394 e. The summed E-state index contributed by atoms with van der Waals surface area (Å²) >= 11 is 0. The van der Waals surface area contributed by atoms with Crippen LogP contribution in [0.15, 0.2) is 60.8 Å². The molecule has 14 nitrogen and oxygen atoms in total. The number of hydrogen-bond acceptors (Lipinski definition) is 13. The third-order valence-electron chi connectivity index (χ3n) is 11.0. The zero-order valence-electron chi connectivity index (χ0n) is 36.9. The zero-order valence-corrected chi connectivity index (χ0v) is 36.9. The van der Waals surface area contributed by atoms with Gasteiger partial charge < -0.3 is 65.1 Å². The highest BCUT2D eigenvalue weighted by atomic mass is 16.7. The predicted molar refractivity (Wildman–Crippen MR) is 235 cm³/mol. The van der Waals surface area contributed by atoms with Gasteiger partial charge in [-0.3, -0.25) is 4.79 Å². The van der Waals surface area contributed by atoms with E-state index in [0.29, 0.717) is 6.42 Å². The van der Waals surface area contributed by atoms with Gasteiger partial charge in [0.1, 0.15) is 48.8 Å². The van der Waals surface area contributed by atoms with Gasteiger partial charge in [-0.15, -0.1) is 0 Å². The molecule has 12 unspecified atom stereocenters. The minimum atomic E-state index is -1.79. The summed E-state index contributed by atoms with van der Waals surface area (Å²) in [5.41, 5.74) is 0. The molecule has 2 fully saturated rings. The second-order valence-electron chi connectivity index (χ2n) is 16.1. The van der Waals surface area contributed by atoms with Crippen molar-refractivity contribution in [3.8, 4) is 0 Å². The fourth-order valence-electron chi connectivity index (χ4n) is 7.16. The lowest BCUT2D eigenvalue weighted by Crippen LogP contribution is -2.65. The van der Waals surface area contributed by atoms with Gasteiger partial charge in [-0.05, 0) is 57.8 Å². The third kappa shape index (κ3) is 22.2. The predicted octanol–water partition coefficient (Wildman–Crippen LogP) is 4.71. The Morgan fingerprint density at radius 2 is 1.13 bits per heavy atom. The normalized spacial score (nSPS) is 28.6. The van der Waals surface area contributed by atoms with E-state index < -0.39 is 86.8 Å². The van der Waals surface area contributed by atoms with Gasteiger partial charge in [-0.25, -0.2) is 0 Å². The van der Waals surface area contributed by atoms with Crippen molar-refractivity contribution in [3.05, 3.63) is 60.8 Å².